The van der Waals surface area contributed by atoms with Crippen LogP contribution in [0, 0.1) is 0 Å². The molecule has 0 atom stereocenters. The third-order valence-electron chi connectivity index (χ3n) is 3.75. The number of nitrogens with zero attached hydrogens (tertiary/aromatic N) is 1. The predicted molar refractivity (Wildman–Crippen MR) is 93.5 cm³/mol. The first-order chi connectivity index (χ1) is 10.7. The molecule has 1 aliphatic rings. The van der Waals surface area contributed by atoms with Crippen LogP contribution in [0.5, 0.6) is 0 Å². The van der Waals surface area contributed by atoms with Gasteiger partial charge in [-0.15, -0.1) is 0 Å². The van der Waals surface area contributed by atoms with Crippen molar-refractivity contribution >= 4 is 27.7 Å². The number of piperazine rings is 1. The van der Waals surface area contributed by atoms with Crippen molar-refractivity contribution in [3.8, 4) is 0 Å². The van der Waals surface area contributed by atoms with Crippen LogP contribution in [0.25, 0.3) is 0 Å². The van der Waals surface area contributed by atoms with Crippen molar-refractivity contribution in [1.29, 1.82) is 0 Å². The zero-order chi connectivity index (χ0) is 17.0. The molecule has 1 heterocycles. The van der Waals surface area contributed by atoms with E-state index >= 15 is 0 Å². The van der Waals surface area contributed by atoms with E-state index in [9.17, 15) is 9.59 Å². The minimum atomic E-state index is -0.199. The molecule has 1 aromatic rings. The Labute approximate surface area is 146 Å². The summed E-state index contributed by atoms with van der Waals surface area (Å²) < 4.78 is 0.909. The highest BCUT2D eigenvalue weighted by molar-refractivity contribution is 9.10. The van der Waals surface area contributed by atoms with Gasteiger partial charge < -0.3 is 15.1 Å². The fourth-order valence-electron chi connectivity index (χ4n) is 2.70. The van der Waals surface area contributed by atoms with E-state index in [0.717, 1.165) is 17.6 Å². The van der Waals surface area contributed by atoms with Gasteiger partial charge in [0.15, 0.2) is 6.54 Å². The molecule has 0 bridgehead atoms. The van der Waals surface area contributed by atoms with Gasteiger partial charge in [-0.3, -0.25) is 9.59 Å². The molecule has 0 aliphatic carbocycles. The smallest absolute Gasteiger partial charge is 0.275 e. The van der Waals surface area contributed by atoms with Crippen molar-refractivity contribution in [2.24, 2.45) is 0 Å². The zero-order valence-corrected chi connectivity index (χ0v) is 15.6. The number of carbonyl (C=O) groups excluding carboxylic acids is 2. The first kappa shape index (κ1) is 17.9. The third-order valence-corrected chi connectivity index (χ3v) is 4.25. The van der Waals surface area contributed by atoms with E-state index in [2.05, 4.69) is 21.2 Å². The molecule has 2 N–H and O–H groups in total. The molecule has 0 unspecified atom stereocenters. The van der Waals surface area contributed by atoms with Crippen molar-refractivity contribution in [3.05, 3.63) is 34.3 Å². The highest BCUT2D eigenvalue weighted by atomic mass is 79.9. The van der Waals surface area contributed by atoms with Crippen LogP contribution >= 0.6 is 15.9 Å². The SMILES string of the molecule is CC(C)(C)NC(=O)C[NH+]1CCN(C(=O)c2cccc(Br)c2)CC1. The second-order valence-electron chi connectivity index (χ2n) is 7.03. The maximum atomic E-state index is 12.5. The Hall–Kier alpha value is -1.40. The number of amides is 2. The summed E-state index contributed by atoms with van der Waals surface area (Å²) in [4.78, 5) is 27.6. The molecule has 5 nitrogen and oxygen atoms in total. The van der Waals surface area contributed by atoms with Gasteiger partial charge in [-0.1, -0.05) is 22.0 Å². The van der Waals surface area contributed by atoms with Crippen LogP contribution in [0.2, 0.25) is 0 Å². The van der Waals surface area contributed by atoms with Crippen LogP contribution in [-0.2, 0) is 4.79 Å². The summed E-state index contributed by atoms with van der Waals surface area (Å²) in [5.41, 5.74) is 0.503. The lowest BCUT2D eigenvalue weighted by molar-refractivity contribution is -0.896. The lowest BCUT2D eigenvalue weighted by atomic mass is 10.1. The molecular formula is C17H25BrN3O2+. The number of rotatable bonds is 3. The topological polar surface area (TPSA) is 53.9 Å². The maximum Gasteiger partial charge on any atom is 0.275 e. The van der Waals surface area contributed by atoms with Gasteiger partial charge in [0, 0.05) is 15.6 Å². The summed E-state index contributed by atoms with van der Waals surface area (Å²) in [5, 5.41) is 2.99. The lowest BCUT2D eigenvalue weighted by Crippen LogP contribution is -3.16. The number of nitrogens with one attached hydrogen (secondary N) is 2. The minimum absolute atomic E-state index is 0.0597. The quantitative estimate of drug-likeness (QED) is 0.808. The van der Waals surface area contributed by atoms with Crippen molar-refractivity contribution in [1.82, 2.24) is 10.2 Å². The average molecular weight is 383 g/mol. The molecule has 2 amide bonds. The second kappa shape index (κ2) is 7.45. The Balaban J connectivity index is 1.84. The van der Waals surface area contributed by atoms with Crippen molar-refractivity contribution < 1.29 is 14.5 Å². The molecule has 1 aromatic carbocycles. The number of hydrogen-bond acceptors (Lipinski definition) is 2. The van der Waals surface area contributed by atoms with Crippen LogP contribution in [0.4, 0.5) is 0 Å². The Morgan fingerprint density at radius 3 is 2.48 bits per heavy atom. The Bertz CT molecular complexity index is 575. The molecule has 0 aromatic heterocycles. The van der Waals surface area contributed by atoms with E-state index in [-0.39, 0.29) is 17.4 Å². The molecule has 1 saturated heterocycles. The first-order valence-electron chi connectivity index (χ1n) is 7.94. The molecular weight excluding hydrogens is 358 g/mol. The number of hydrogen-bond donors (Lipinski definition) is 2. The average Bonchev–Trinajstić information content (AvgIpc) is 2.45. The molecule has 0 radical (unpaired) electrons. The van der Waals surface area contributed by atoms with Crippen LogP contribution in [-0.4, -0.2) is 55.0 Å². The minimum Gasteiger partial charge on any atom is -0.347 e. The summed E-state index contributed by atoms with van der Waals surface area (Å²) in [6.07, 6.45) is 0. The molecule has 1 aliphatic heterocycles. The van der Waals surface area contributed by atoms with E-state index in [4.69, 9.17) is 0 Å². The lowest BCUT2D eigenvalue weighted by Gasteiger charge is -2.32. The summed E-state index contributed by atoms with van der Waals surface area (Å²) in [5.74, 6) is 0.128. The van der Waals surface area contributed by atoms with Gasteiger partial charge in [0.1, 0.15) is 0 Å². The molecule has 2 rings (SSSR count). The summed E-state index contributed by atoms with van der Waals surface area (Å²) in [7, 11) is 0. The van der Waals surface area contributed by atoms with Gasteiger partial charge in [-0.05, 0) is 39.0 Å². The Morgan fingerprint density at radius 1 is 1.26 bits per heavy atom. The normalized spacial score (nSPS) is 16.3. The Morgan fingerprint density at radius 2 is 1.91 bits per heavy atom. The predicted octanol–water partition coefficient (Wildman–Crippen LogP) is 0.705. The Kier molecular flexibility index (Phi) is 5.81. The molecule has 6 heteroatoms. The fourth-order valence-corrected chi connectivity index (χ4v) is 3.10. The standard InChI is InChI=1S/C17H24BrN3O2/c1-17(2,3)19-15(22)12-20-7-9-21(10-8-20)16(23)13-5-4-6-14(18)11-13/h4-6,11H,7-10,12H2,1-3H3,(H,19,22)/p+1. The van der Waals surface area contributed by atoms with Crippen molar-refractivity contribution in [2.45, 2.75) is 26.3 Å². The number of carbonyl (C=O) groups is 2. The van der Waals surface area contributed by atoms with Crippen LogP contribution in [0.3, 0.4) is 0 Å². The highest BCUT2D eigenvalue weighted by Crippen LogP contribution is 2.13. The van der Waals surface area contributed by atoms with Gasteiger partial charge in [-0.25, -0.2) is 0 Å². The number of benzene rings is 1. The van der Waals surface area contributed by atoms with E-state index in [1.54, 1.807) is 0 Å². The summed E-state index contributed by atoms with van der Waals surface area (Å²) in [6.45, 7) is 9.39. The number of halogens is 1. The van der Waals surface area contributed by atoms with Crippen molar-refractivity contribution in [2.75, 3.05) is 32.7 Å². The van der Waals surface area contributed by atoms with E-state index < -0.39 is 0 Å². The van der Waals surface area contributed by atoms with Crippen molar-refractivity contribution in [3.63, 3.8) is 0 Å². The largest absolute Gasteiger partial charge is 0.347 e. The van der Waals surface area contributed by atoms with E-state index in [0.29, 0.717) is 25.2 Å². The van der Waals surface area contributed by atoms with Crippen LogP contribution in [0.1, 0.15) is 31.1 Å². The second-order valence-corrected chi connectivity index (χ2v) is 7.94. The van der Waals surface area contributed by atoms with Gasteiger partial charge in [0.25, 0.3) is 11.8 Å². The summed E-state index contributed by atoms with van der Waals surface area (Å²) >= 11 is 3.40. The monoisotopic (exact) mass is 382 g/mol. The fraction of sp³-hybridized carbons (Fsp3) is 0.529. The molecule has 23 heavy (non-hydrogen) atoms. The van der Waals surface area contributed by atoms with Crippen LogP contribution in [0.15, 0.2) is 28.7 Å². The molecule has 126 valence electrons. The third kappa shape index (κ3) is 5.62. The molecule has 1 fully saturated rings. The first-order valence-corrected chi connectivity index (χ1v) is 8.73. The molecule has 0 spiro atoms. The zero-order valence-electron chi connectivity index (χ0n) is 14.0. The van der Waals surface area contributed by atoms with Crippen LogP contribution < -0.4 is 10.2 Å². The van der Waals surface area contributed by atoms with Gasteiger partial charge in [-0.2, -0.15) is 0 Å². The molecule has 0 saturated carbocycles. The van der Waals surface area contributed by atoms with Gasteiger partial charge in [0.2, 0.25) is 0 Å². The number of quaternary nitrogens is 1. The maximum absolute atomic E-state index is 12.5. The van der Waals surface area contributed by atoms with E-state index in [1.807, 2.05) is 49.9 Å². The van der Waals surface area contributed by atoms with E-state index in [1.165, 1.54) is 4.90 Å². The van der Waals surface area contributed by atoms with Gasteiger partial charge in [0.05, 0.1) is 26.2 Å². The highest BCUT2D eigenvalue weighted by Gasteiger charge is 2.26. The summed E-state index contributed by atoms with van der Waals surface area (Å²) in [6, 6.07) is 7.46. The van der Waals surface area contributed by atoms with Gasteiger partial charge >= 0.3 is 0 Å².